The molecule has 1 heterocycles. The minimum absolute atomic E-state index is 0.207. The second-order valence-electron chi connectivity index (χ2n) is 3.63. The predicted octanol–water partition coefficient (Wildman–Crippen LogP) is 0.568. The normalized spacial score (nSPS) is 12.1. The number of nitrogens with two attached hydrogens (primary N) is 1. The molecule has 0 amide bonds. The summed E-state index contributed by atoms with van der Waals surface area (Å²) in [5.41, 5.74) is 7.64. The number of hydrogen-bond acceptors (Lipinski definition) is 4. The van der Waals surface area contributed by atoms with Gasteiger partial charge in [0, 0.05) is 18.9 Å². The van der Waals surface area contributed by atoms with Crippen LogP contribution in [0.5, 0.6) is 0 Å². The topological polar surface area (TPSA) is 74.7 Å². The molecule has 0 bridgehead atoms. The van der Waals surface area contributed by atoms with Crippen LogP contribution in [-0.2, 0) is 6.54 Å². The molecule has 0 unspecified atom stereocenters. The van der Waals surface area contributed by atoms with E-state index in [9.17, 15) is 0 Å². The summed E-state index contributed by atoms with van der Waals surface area (Å²) in [5, 5.41) is 11.3. The molecular formula is C10H16N4O. The highest BCUT2D eigenvalue weighted by Gasteiger charge is 2.03. The quantitative estimate of drug-likeness (QED) is 0.328. The van der Waals surface area contributed by atoms with Crippen LogP contribution in [0.2, 0.25) is 0 Å². The Balaban J connectivity index is 2.55. The van der Waals surface area contributed by atoms with Crippen LogP contribution in [0, 0.1) is 6.92 Å². The van der Waals surface area contributed by atoms with E-state index < -0.39 is 0 Å². The van der Waals surface area contributed by atoms with Crippen LogP contribution in [0.3, 0.4) is 0 Å². The van der Waals surface area contributed by atoms with E-state index in [2.05, 4.69) is 16.2 Å². The Morgan fingerprint density at radius 3 is 2.93 bits per heavy atom. The lowest BCUT2D eigenvalue weighted by Gasteiger charge is -2.15. The number of likely N-dealkylation sites (N-methyl/N-ethyl adjacent to an activating group) is 1. The Morgan fingerprint density at radius 2 is 2.33 bits per heavy atom. The minimum atomic E-state index is 0.207. The summed E-state index contributed by atoms with van der Waals surface area (Å²) in [5.74, 6) is 0.207. The lowest BCUT2D eigenvalue weighted by molar-refractivity contribution is 0.308. The zero-order chi connectivity index (χ0) is 11.3. The Morgan fingerprint density at radius 1 is 1.60 bits per heavy atom. The first-order valence-corrected chi connectivity index (χ1v) is 4.67. The van der Waals surface area contributed by atoms with Gasteiger partial charge in [-0.3, -0.25) is 9.88 Å². The van der Waals surface area contributed by atoms with Crippen molar-refractivity contribution in [2.45, 2.75) is 13.5 Å². The number of oxime groups is 1. The average molecular weight is 208 g/mol. The van der Waals surface area contributed by atoms with Crippen molar-refractivity contribution in [3.8, 4) is 0 Å². The van der Waals surface area contributed by atoms with Crippen molar-refractivity contribution < 1.29 is 5.21 Å². The molecule has 0 saturated carbocycles. The molecule has 0 fully saturated rings. The van der Waals surface area contributed by atoms with E-state index in [1.54, 1.807) is 0 Å². The maximum atomic E-state index is 8.42. The van der Waals surface area contributed by atoms with E-state index in [0.29, 0.717) is 6.54 Å². The van der Waals surface area contributed by atoms with Gasteiger partial charge in [0.05, 0.1) is 6.54 Å². The van der Waals surface area contributed by atoms with Gasteiger partial charge in [0.1, 0.15) is 0 Å². The molecule has 0 aliphatic rings. The highest BCUT2D eigenvalue weighted by molar-refractivity contribution is 5.81. The number of aryl methyl sites for hydroxylation is 1. The number of hydrogen-bond donors (Lipinski definition) is 2. The molecule has 0 radical (unpaired) electrons. The summed E-state index contributed by atoms with van der Waals surface area (Å²) in [6.45, 7) is 3.16. The van der Waals surface area contributed by atoms with Crippen LogP contribution in [0.25, 0.3) is 0 Å². The van der Waals surface area contributed by atoms with E-state index in [1.165, 1.54) is 0 Å². The van der Waals surface area contributed by atoms with Crippen LogP contribution in [0.4, 0.5) is 0 Å². The monoisotopic (exact) mass is 208 g/mol. The van der Waals surface area contributed by atoms with E-state index in [0.717, 1.165) is 17.7 Å². The predicted molar refractivity (Wildman–Crippen MR) is 58.7 cm³/mol. The van der Waals surface area contributed by atoms with Gasteiger partial charge in [0.25, 0.3) is 0 Å². The molecular weight excluding hydrogens is 192 g/mol. The van der Waals surface area contributed by atoms with Crippen molar-refractivity contribution >= 4 is 5.84 Å². The molecule has 0 aliphatic carbocycles. The van der Waals surface area contributed by atoms with E-state index in [-0.39, 0.29) is 5.84 Å². The number of amidine groups is 1. The summed E-state index contributed by atoms with van der Waals surface area (Å²) in [6.07, 6.45) is 3.63. The molecule has 0 spiro atoms. The lowest BCUT2D eigenvalue weighted by Crippen LogP contribution is -2.30. The van der Waals surface area contributed by atoms with Gasteiger partial charge in [-0.05, 0) is 25.1 Å². The van der Waals surface area contributed by atoms with Gasteiger partial charge in [0.15, 0.2) is 5.84 Å². The summed E-state index contributed by atoms with van der Waals surface area (Å²) in [6, 6.07) is 2.07. The lowest BCUT2D eigenvalue weighted by atomic mass is 10.2. The molecule has 0 saturated heterocycles. The van der Waals surface area contributed by atoms with Crippen molar-refractivity contribution in [2.24, 2.45) is 10.9 Å². The van der Waals surface area contributed by atoms with Crippen molar-refractivity contribution in [1.29, 1.82) is 0 Å². The smallest absolute Gasteiger partial charge is 0.153 e. The number of pyridine rings is 1. The molecule has 0 aromatic carbocycles. The van der Waals surface area contributed by atoms with Crippen molar-refractivity contribution in [1.82, 2.24) is 9.88 Å². The summed E-state index contributed by atoms with van der Waals surface area (Å²) in [7, 11) is 1.90. The number of aromatic nitrogens is 1. The van der Waals surface area contributed by atoms with Crippen LogP contribution < -0.4 is 5.73 Å². The molecule has 0 atom stereocenters. The summed E-state index contributed by atoms with van der Waals surface area (Å²) < 4.78 is 0. The Kier molecular flexibility index (Phi) is 4.05. The molecule has 1 aromatic heterocycles. The molecule has 3 N–H and O–H groups in total. The first kappa shape index (κ1) is 11.5. The zero-order valence-electron chi connectivity index (χ0n) is 9.01. The first-order valence-electron chi connectivity index (χ1n) is 4.67. The first-order chi connectivity index (χ1) is 7.11. The molecule has 5 heteroatoms. The fraction of sp³-hybridized carbons (Fsp3) is 0.400. The second kappa shape index (κ2) is 5.31. The maximum Gasteiger partial charge on any atom is 0.153 e. The largest absolute Gasteiger partial charge is 0.409 e. The van der Waals surface area contributed by atoms with Gasteiger partial charge >= 0.3 is 0 Å². The van der Waals surface area contributed by atoms with Gasteiger partial charge < -0.3 is 10.9 Å². The summed E-state index contributed by atoms with van der Waals surface area (Å²) in [4.78, 5) is 6.05. The molecule has 1 rings (SSSR count). The Hall–Kier alpha value is -1.62. The molecule has 1 aromatic rings. The van der Waals surface area contributed by atoms with Crippen molar-refractivity contribution in [2.75, 3.05) is 13.6 Å². The van der Waals surface area contributed by atoms with Gasteiger partial charge in [-0.25, -0.2) is 0 Å². The van der Waals surface area contributed by atoms with Gasteiger partial charge in [-0.1, -0.05) is 11.2 Å². The van der Waals surface area contributed by atoms with Gasteiger partial charge in [0.2, 0.25) is 0 Å². The minimum Gasteiger partial charge on any atom is -0.409 e. The second-order valence-corrected chi connectivity index (χ2v) is 3.63. The van der Waals surface area contributed by atoms with E-state index in [1.807, 2.05) is 31.3 Å². The fourth-order valence-electron chi connectivity index (χ4n) is 1.38. The maximum absolute atomic E-state index is 8.42. The summed E-state index contributed by atoms with van der Waals surface area (Å²) >= 11 is 0. The molecule has 15 heavy (non-hydrogen) atoms. The average Bonchev–Trinajstić information content (AvgIpc) is 2.17. The Labute approximate surface area is 89.2 Å². The third kappa shape index (κ3) is 3.95. The SMILES string of the molecule is Cc1cncc(CN(C)C/C(N)=N/O)c1. The van der Waals surface area contributed by atoms with Crippen LogP contribution >= 0.6 is 0 Å². The Bertz CT molecular complexity index is 351. The molecule has 82 valence electrons. The van der Waals surface area contributed by atoms with Crippen molar-refractivity contribution in [3.63, 3.8) is 0 Å². The van der Waals surface area contributed by atoms with Gasteiger partial charge in [-0.2, -0.15) is 0 Å². The van der Waals surface area contributed by atoms with Crippen LogP contribution in [0.1, 0.15) is 11.1 Å². The number of rotatable bonds is 4. The third-order valence-electron chi connectivity index (χ3n) is 1.94. The molecule has 0 aliphatic heterocycles. The number of nitrogens with zero attached hydrogens (tertiary/aromatic N) is 3. The van der Waals surface area contributed by atoms with Crippen LogP contribution in [-0.4, -0.2) is 34.5 Å². The highest BCUT2D eigenvalue weighted by atomic mass is 16.4. The van der Waals surface area contributed by atoms with Crippen molar-refractivity contribution in [3.05, 3.63) is 29.6 Å². The van der Waals surface area contributed by atoms with Crippen LogP contribution in [0.15, 0.2) is 23.6 Å². The molecule has 5 nitrogen and oxygen atoms in total. The fourth-order valence-corrected chi connectivity index (χ4v) is 1.38. The standard InChI is InChI=1S/C10H16N4O/c1-8-3-9(5-12-4-8)6-14(2)7-10(11)13-15/h3-5,15H,6-7H2,1-2H3,(H2,11,13). The van der Waals surface area contributed by atoms with Gasteiger partial charge in [-0.15, -0.1) is 0 Å². The zero-order valence-corrected chi connectivity index (χ0v) is 9.01. The third-order valence-corrected chi connectivity index (χ3v) is 1.94. The van der Waals surface area contributed by atoms with E-state index >= 15 is 0 Å². The van der Waals surface area contributed by atoms with E-state index in [4.69, 9.17) is 10.9 Å². The highest BCUT2D eigenvalue weighted by Crippen LogP contribution is 2.03.